The van der Waals surface area contributed by atoms with Crippen LogP contribution in [0.2, 0.25) is 0 Å². The topological polar surface area (TPSA) is 41.6 Å². The first kappa shape index (κ1) is 13.5. The van der Waals surface area contributed by atoms with Gasteiger partial charge in [0.25, 0.3) is 0 Å². The number of hydrogen-bond acceptors (Lipinski definition) is 3. The first-order valence-corrected chi connectivity index (χ1v) is 5.96. The molecule has 2 atom stereocenters. The van der Waals surface area contributed by atoms with Gasteiger partial charge in [0.1, 0.15) is 0 Å². The van der Waals surface area contributed by atoms with Crippen LogP contribution in [0.15, 0.2) is 0 Å². The predicted molar refractivity (Wildman–Crippen MR) is 64.3 cm³/mol. The molecule has 0 radical (unpaired) electrons. The number of rotatable bonds is 2. The minimum Gasteiger partial charge on any atom is -0.372 e. The van der Waals surface area contributed by atoms with Crippen LogP contribution in [0.1, 0.15) is 34.6 Å². The fraction of sp³-hybridized carbons (Fsp3) is 0.917. The average Bonchev–Trinajstić information content (AvgIpc) is 2.11. The molecule has 1 fully saturated rings. The van der Waals surface area contributed by atoms with Gasteiger partial charge in [-0.25, -0.2) is 0 Å². The van der Waals surface area contributed by atoms with Gasteiger partial charge in [-0.15, -0.1) is 0 Å². The van der Waals surface area contributed by atoms with E-state index < -0.39 is 0 Å². The molecule has 0 bridgehead atoms. The summed E-state index contributed by atoms with van der Waals surface area (Å²) in [6.07, 6.45) is 0.282. The third kappa shape index (κ3) is 4.49. The highest BCUT2D eigenvalue weighted by Gasteiger charge is 2.26. The van der Waals surface area contributed by atoms with Crippen molar-refractivity contribution in [1.29, 1.82) is 0 Å². The number of hydrogen-bond donors (Lipinski definition) is 1. The lowest BCUT2D eigenvalue weighted by molar-refractivity contribution is -0.142. The molecule has 0 aromatic rings. The van der Waals surface area contributed by atoms with E-state index in [1.165, 1.54) is 0 Å². The van der Waals surface area contributed by atoms with Gasteiger partial charge in [0.05, 0.1) is 18.8 Å². The zero-order chi connectivity index (χ0) is 12.3. The van der Waals surface area contributed by atoms with Crippen LogP contribution >= 0.6 is 0 Å². The molecule has 0 aliphatic carbocycles. The van der Waals surface area contributed by atoms with Crippen molar-refractivity contribution < 1.29 is 9.53 Å². The van der Waals surface area contributed by atoms with Gasteiger partial charge in [0, 0.05) is 18.6 Å². The van der Waals surface area contributed by atoms with Crippen LogP contribution in [0.4, 0.5) is 0 Å². The summed E-state index contributed by atoms with van der Waals surface area (Å²) in [5.74, 6) is 0.164. The van der Waals surface area contributed by atoms with Gasteiger partial charge in [0.2, 0.25) is 5.91 Å². The van der Waals surface area contributed by atoms with E-state index >= 15 is 0 Å². The molecular formula is C12H24N2O2. The molecule has 0 saturated carbocycles. The summed E-state index contributed by atoms with van der Waals surface area (Å²) < 4.78 is 5.60. The molecule has 1 aliphatic rings. The largest absolute Gasteiger partial charge is 0.372 e. The maximum Gasteiger partial charge on any atom is 0.236 e. The van der Waals surface area contributed by atoms with Crippen molar-refractivity contribution in [2.45, 2.75) is 52.4 Å². The van der Waals surface area contributed by atoms with Gasteiger partial charge < -0.3 is 15.0 Å². The molecule has 1 amide bonds. The normalized spacial score (nSPS) is 26.9. The molecule has 0 aromatic heterocycles. The third-order valence-electron chi connectivity index (χ3n) is 2.54. The highest BCUT2D eigenvalue weighted by Crippen LogP contribution is 2.10. The monoisotopic (exact) mass is 228 g/mol. The van der Waals surface area contributed by atoms with Crippen LogP contribution in [-0.2, 0) is 9.53 Å². The summed E-state index contributed by atoms with van der Waals surface area (Å²) in [6.45, 7) is 12.0. The number of nitrogens with zero attached hydrogens (tertiary/aromatic N) is 1. The number of morpholine rings is 1. The van der Waals surface area contributed by atoms with E-state index in [-0.39, 0.29) is 23.7 Å². The van der Waals surface area contributed by atoms with E-state index in [9.17, 15) is 4.79 Å². The molecule has 0 unspecified atom stereocenters. The Balaban J connectivity index is 2.41. The van der Waals surface area contributed by atoms with Gasteiger partial charge in [-0.05, 0) is 34.6 Å². The first-order chi connectivity index (χ1) is 7.28. The molecule has 1 rings (SSSR count). The van der Waals surface area contributed by atoms with Crippen molar-refractivity contribution in [3.63, 3.8) is 0 Å². The Morgan fingerprint density at radius 2 is 1.81 bits per heavy atom. The summed E-state index contributed by atoms with van der Waals surface area (Å²) in [7, 11) is 0. The Morgan fingerprint density at radius 3 is 2.25 bits per heavy atom. The van der Waals surface area contributed by atoms with Gasteiger partial charge >= 0.3 is 0 Å². The maximum atomic E-state index is 11.9. The van der Waals surface area contributed by atoms with Gasteiger partial charge in [-0.2, -0.15) is 0 Å². The van der Waals surface area contributed by atoms with Crippen LogP contribution in [0, 0.1) is 0 Å². The molecule has 0 aromatic carbocycles. The van der Waals surface area contributed by atoms with Crippen molar-refractivity contribution in [2.24, 2.45) is 0 Å². The summed E-state index contributed by atoms with van der Waals surface area (Å²) >= 11 is 0. The van der Waals surface area contributed by atoms with Crippen molar-refractivity contribution >= 4 is 5.91 Å². The average molecular weight is 228 g/mol. The van der Waals surface area contributed by atoms with Gasteiger partial charge in [-0.1, -0.05) is 0 Å². The van der Waals surface area contributed by atoms with Crippen LogP contribution < -0.4 is 5.32 Å². The maximum absolute atomic E-state index is 11.9. The molecule has 0 spiro atoms. The van der Waals surface area contributed by atoms with E-state index in [4.69, 9.17) is 4.74 Å². The third-order valence-corrected chi connectivity index (χ3v) is 2.54. The lowest BCUT2D eigenvalue weighted by atomic mass is 10.1. The van der Waals surface area contributed by atoms with Gasteiger partial charge in [0.15, 0.2) is 0 Å². The molecule has 1 heterocycles. The smallest absolute Gasteiger partial charge is 0.236 e. The lowest BCUT2D eigenvalue weighted by Gasteiger charge is -2.36. The van der Waals surface area contributed by atoms with E-state index in [1.807, 2.05) is 18.7 Å². The van der Waals surface area contributed by atoms with Crippen molar-refractivity contribution in [2.75, 3.05) is 19.6 Å². The fourth-order valence-electron chi connectivity index (χ4n) is 1.83. The molecular weight excluding hydrogens is 204 g/mol. The number of carbonyl (C=O) groups is 1. The Hall–Kier alpha value is -0.610. The number of nitrogens with one attached hydrogen (secondary N) is 1. The van der Waals surface area contributed by atoms with Crippen LogP contribution in [-0.4, -0.2) is 48.2 Å². The molecule has 4 nitrogen and oxygen atoms in total. The summed E-state index contributed by atoms with van der Waals surface area (Å²) in [6, 6.07) is 0. The van der Waals surface area contributed by atoms with Crippen molar-refractivity contribution in [3.8, 4) is 0 Å². The molecule has 1 N–H and O–H groups in total. The number of amides is 1. The van der Waals surface area contributed by atoms with E-state index in [0.717, 1.165) is 0 Å². The number of carbonyl (C=O) groups excluding carboxylic acids is 1. The highest BCUT2D eigenvalue weighted by molar-refractivity contribution is 5.78. The Kier molecular flexibility index (Phi) is 4.33. The Labute approximate surface area is 98.3 Å². The zero-order valence-corrected chi connectivity index (χ0v) is 11.0. The Morgan fingerprint density at radius 1 is 1.31 bits per heavy atom. The predicted octanol–water partition coefficient (Wildman–Crippen LogP) is 1.01. The zero-order valence-electron chi connectivity index (χ0n) is 11.0. The fourth-order valence-corrected chi connectivity index (χ4v) is 1.83. The quantitative estimate of drug-likeness (QED) is 0.767. The second-order valence-electron chi connectivity index (χ2n) is 5.66. The van der Waals surface area contributed by atoms with Gasteiger partial charge in [-0.3, -0.25) is 4.79 Å². The van der Waals surface area contributed by atoms with Crippen LogP contribution in [0.5, 0.6) is 0 Å². The van der Waals surface area contributed by atoms with Crippen LogP contribution in [0.25, 0.3) is 0 Å². The minimum absolute atomic E-state index is 0.0147. The van der Waals surface area contributed by atoms with Crippen LogP contribution in [0.3, 0.4) is 0 Å². The molecule has 1 saturated heterocycles. The molecule has 16 heavy (non-hydrogen) atoms. The molecule has 1 aliphatic heterocycles. The first-order valence-electron chi connectivity index (χ1n) is 5.96. The molecule has 4 heteroatoms. The van der Waals surface area contributed by atoms with E-state index in [0.29, 0.717) is 19.6 Å². The van der Waals surface area contributed by atoms with E-state index in [1.54, 1.807) is 0 Å². The summed E-state index contributed by atoms with van der Waals surface area (Å²) in [5, 5.41) is 3.22. The Bertz CT molecular complexity index is 238. The SMILES string of the molecule is C[C@@H]1CN(C(=O)CNC(C)(C)C)C[C@H](C)O1. The summed E-state index contributed by atoms with van der Waals surface area (Å²) in [5.41, 5.74) is -0.0147. The van der Waals surface area contributed by atoms with E-state index in [2.05, 4.69) is 26.1 Å². The highest BCUT2D eigenvalue weighted by atomic mass is 16.5. The number of ether oxygens (including phenoxy) is 1. The summed E-state index contributed by atoms with van der Waals surface area (Å²) in [4.78, 5) is 13.8. The second kappa shape index (κ2) is 5.15. The molecule has 94 valence electrons. The minimum atomic E-state index is -0.0147. The standard InChI is InChI=1S/C12H24N2O2/c1-9-7-14(8-10(2)16-9)11(15)6-13-12(3,4)5/h9-10,13H,6-8H2,1-5H3/t9-,10+. The van der Waals surface area contributed by atoms with Crippen molar-refractivity contribution in [1.82, 2.24) is 10.2 Å². The van der Waals surface area contributed by atoms with Crippen molar-refractivity contribution in [3.05, 3.63) is 0 Å². The lowest BCUT2D eigenvalue weighted by Crippen LogP contribution is -2.52. The second-order valence-corrected chi connectivity index (χ2v) is 5.66.